The molecule has 7 aliphatic rings. The SMILES string of the molecule is C=C1C[C@H]2[C@H](OC3CCCCO3)N(C(=O)OC(C)(C)C)c3cc(OCc4cc(COc5cc6c(cc5OC)C(=O)N5CC(=C)C[C@H]5C(OC5CCCCO5)N6C(=O)OC(C)(C)C)cc(N5CCN(CCCNC(=O)OC(C)(C)C)CC5)c4)c(OC)cc3CN2C1. The Kier molecular flexibility index (Phi) is 20.5. The summed E-state index contributed by atoms with van der Waals surface area (Å²) >= 11 is 0. The number of ether oxygens (including phenoxy) is 11. The van der Waals surface area contributed by atoms with Crippen molar-refractivity contribution in [1.29, 1.82) is 0 Å². The maximum absolute atomic E-state index is 14.9. The van der Waals surface area contributed by atoms with Crippen LogP contribution in [0.1, 0.15) is 147 Å². The van der Waals surface area contributed by atoms with Crippen molar-refractivity contribution in [2.45, 2.75) is 194 Å². The molecule has 22 heteroatoms. The molecule has 7 heterocycles. The first-order chi connectivity index (χ1) is 42.8. The number of benzene rings is 3. The highest BCUT2D eigenvalue weighted by atomic mass is 16.7. The number of nitrogens with one attached hydrogen (secondary N) is 1. The number of amides is 4. The molecule has 492 valence electrons. The van der Waals surface area contributed by atoms with Crippen LogP contribution < -0.4 is 39.0 Å². The van der Waals surface area contributed by atoms with Gasteiger partial charge in [-0.25, -0.2) is 24.2 Å². The smallest absolute Gasteiger partial charge is 0.417 e. The number of piperazine rings is 1. The number of carbonyl (C=O) groups is 4. The fourth-order valence-corrected chi connectivity index (χ4v) is 12.8. The highest BCUT2D eigenvalue weighted by Gasteiger charge is 2.50. The second kappa shape index (κ2) is 28.0. The topological polar surface area (TPSA) is 201 Å². The first-order valence-corrected chi connectivity index (χ1v) is 32.0. The molecule has 0 aliphatic carbocycles. The van der Waals surface area contributed by atoms with Crippen LogP contribution in [-0.2, 0) is 52.9 Å². The van der Waals surface area contributed by atoms with Crippen molar-refractivity contribution >= 4 is 41.2 Å². The Balaban J connectivity index is 0.976. The van der Waals surface area contributed by atoms with Gasteiger partial charge in [0, 0.05) is 83.4 Å². The van der Waals surface area contributed by atoms with Crippen LogP contribution in [0.15, 0.2) is 66.8 Å². The van der Waals surface area contributed by atoms with E-state index in [-0.39, 0.29) is 54.5 Å². The summed E-state index contributed by atoms with van der Waals surface area (Å²) in [6.45, 7) is 32.0. The lowest BCUT2D eigenvalue weighted by molar-refractivity contribution is -0.197. The zero-order valence-electron chi connectivity index (χ0n) is 54.8. The quantitative estimate of drug-likeness (QED) is 0.0759. The van der Waals surface area contributed by atoms with Gasteiger partial charge in [0.25, 0.3) is 5.91 Å². The molecule has 0 aromatic heterocycles. The molecule has 3 aromatic carbocycles. The van der Waals surface area contributed by atoms with E-state index in [1.807, 2.05) is 59.7 Å². The molecule has 7 aliphatic heterocycles. The fourth-order valence-electron chi connectivity index (χ4n) is 12.8. The first kappa shape index (κ1) is 66.1. The van der Waals surface area contributed by atoms with Crippen LogP contribution in [0.2, 0.25) is 0 Å². The van der Waals surface area contributed by atoms with Gasteiger partial charge < -0.3 is 67.2 Å². The van der Waals surface area contributed by atoms with Crippen LogP contribution in [0, 0.1) is 0 Å². The lowest BCUT2D eigenvalue weighted by Gasteiger charge is -2.39. The maximum Gasteiger partial charge on any atom is 0.417 e. The number of fused-ring (bicyclic) bond motifs is 4. The molecule has 5 fully saturated rings. The molecular formula is C68H95N7O15. The minimum Gasteiger partial charge on any atom is -0.493 e. The van der Waals surface area contributed by atoms with Crippen molar-refractivity contribution in [3.8, 4) is 23.0 Å². The Hall–Kier alpha value is -6.82. The molecule has 90 heavy (non-hydrogen) atoms. The maximum atomic E-state index is 14.9. The molecule has 5 saturated heterocycles. The zero-order chi connectivity index (χ0) is 64.2. The van der Waals surface area contributed by atoms with Crippen LogP contribution in [0.4, 0.5) is 31.4 Å². The third kappa shape index (κ3) is 16.3. The number of hydrogen-bond donors (Lipinski definition) is 1. The third-order valence-corrected chi connectivity index (χ3v) is 16.8. The molecule has 3 aromatic rings. The number of carbonyl (C=O) groups excluding carboxylic acids is 4. The van der Waals surface area contributed by atoms with Crippen LogP contribution in [-0.4, -0.2) is 173 Å². The number of hydrogen-bond acceptors (Lipinski definition) is 18. The number of alkyl carbamates (subject to hydrolysis) is 1. The van der Waals surface area contributed by atoms with Gasteiger partial charge in [-0.15, -0.1) is 0 Å². The standard InChI is InChI=1S/C68H95N7O15/c1-43-29-52-61(86-58-19-14-16-27-82-58)74(64(78)89-67(6,7)8)50-36-56(54(80-12)34-47(50)40-72(52)38-43)84-41-45-31-46(33-48(32-45)71-25-23-70(24-26-71)22-18-21-69-63(77)88-66(3,4)5)42-85-57-37-51-49(35-55(57)81-13)60(76)73-39-44(2)30-53(73)62(87-59-20-15-17-28-83-59)75(51)65(79)90-68(9,10)11/h31-37,52-53,58-59,61-62H,1-2,14-30,38-42H2,3-13H3,(H,69,77)/t52-,53-,58?,59?,61-,62?/m0/s1. The van der Waals surface area contributed by atoms with Crippen LogP contribution >= 0.6 is 0 Å². The Morgan fingerprint density at radius 3 is 1.70 bits per heavy atom. The Bertz CT molecular complexity index is 3100. The fraction of sp³-hybridized carbons (Fsp3) is 0.618. The number of methoxy groups -OCH3 is 2. The Morgan fingerprint density at radius 2 is 1.14 bits per heavy atom. The molecule has 0 bridgehead atoms. The minimum atomic E-state index is -0.996. The average Bonchev–Trinajstić information content (AvgIpc) is 1.58. The van der Waals surface area contributed by atoms with Gasteiger partial charge in [-0.1, -0.05) is 24.3 Å². The lowest BCUT2D eigenvalue weighted by atomic mass is 10.1. The molecule has 4 amide bonds. The number of nitrogens with zero attached hydrogens (tertiary/aromatic N) is 6. The van der Waals surface area contributed by atoms with E-state index in [9.17, 15) is 19.2 Å². The van der Waals surface area contributed by atoms with Gasteiger partial charge in [0.05, 0.1) is 43.2 Å². The van der Waals surface area contributed by atoms with E-state index in [0.717, 1.165) is 98.4 Å². The van der Waals surface area contributed by atoms with Crippen LogP contribution in [0.5, 0.6) is 23.0 Å². The summed E-state index contributed by atoms with van der Waals surface area (Å²) in [5, 5.41) is 2.88. The Morgan fingerprint density at radius 1 is 0.611 bits per heavy atom. The van der Waals surface area contributed by atoms with Crippen molar-refractivity contribution in [2.75, 3.05) is 94.5 Å². The normalized spacial score (nSPS) is 23.4. The molecule has 0 radical (unpaired) electrons. The number of rotatable bonds is 17. The molecule has 0 saturated carbocycles. The summed E-state index contributed by atoms with van der Waals surface area (Å²) in [6.07, 6.45) is 2.21. The van der Waals surface area contributed by atoms with Gasteiger partial charge in [0.2, 0.25) is 0 Å². The van der Waals surface area contributed by atoms with E-state index in [4.69, 9.17) is 52.1 Å². The van der Waals surface area contributed by atoms with Gasteiger partial charge in [-0.2, -0.15) is 0 Å². The average molecular weight is 1250 g/mol. The van der Waals surface area contributed by atoms with Crippen molar-refractivity contribution < 1.29 is 71.3 Å². The molecule has 3 unspecified atom stereocenters. The first-order valence-electron chi connectivity index (χ1n) is 32.0. The molecular weight excluding hydrogens is 1150 g/mol. The monoisotopic (exact) mass is 1250 g/mol. The summed E-state index contributed by atoms with van der Waals surface area (Å²) in [6, 6.07) is 12.5. The predicted octanol–water partition coefficient (Wildman–Crippen LogP) is 11.0. The molecule has 0 spiro atoms. The van der Waals surface area contributed by atoms with Gasteiger partial charge in [0.1, 0.15) is 30.0 Å². The third-order valence-electron chi connectivity index (χ3n) is 16.8. The van der Waals surface area contributed by atoms with Crippen LogP contribution in [0.25, 0.3) is 0 Å². The molecule has 10 rings (SSSR count). The van der Waals surface area contributed by atoms with E-state index in [0.29, 0.717) is 75.7 Å². The van der Waals surface area contributed by atoms with E-state index < -0.39 is 66.2 Å². The van der Waals surface area contributed by atoms with Gasteiger partial charge in [-0.05, 0) is 174 Å². The summed E-state index contributed by atoms with van der Waals surface area (Å²) in [5.41, 5.74) is 4.03. The van der Waals surface area contributed by atoms with Crippen molar-refractivity contribution in [3.63, 3.8) is 0 Å². The Labute approximate surface area is 530 Å². The van der Waals surface area contributed by atoms with Crippen LogP contribution in [0.3, 0.4) is 0 Å². The van der Waals surface area contributed by atoms with Gasteiger partial charge >= 0.3 is 18.3 Å². The van der Waals surface area contributed by atoms with Gasteiger partial charge in [0.15, 0.2) is 48.0 Å². The summed E-state index contributed by atoms with van der Waals surface area (Å²) in [5.74, 6) is 1.14. The highest BCUT2D eigenvalue weighted by Crippen LogP contribution is 2.46. The van der Waals surface area contributed by atoms with E-state index >= 15 is 0 Å². The largest absolute Gasteiger partial charge is 0.493 e. The van der Waals surface area contributed by atoms with Gasteiger partial charge in [-0.3, -0.25) is 14.6 Å². The van der Waals surface area contributed by atoms with E-state index in [1.54, 1.807) is 49.8 Å². The van der Waals surface area contributed by atoms with Crippen molar-refractivity contribution in [2.24, 2.45) is 0 Å². The summed E-state index contributed by atoms with van der Waals surface area (Å²) in [7, 11) is 3.12. The number of anilines is 3. The van der Waals surface area contributed by atoms with E-state index in [1.165, 1.54) is 12.0 Å². The second-order valence-corrected chi connectivity index (χ2v) is 27.6. The second-order valence-electron chi connectivity index (χ2n) is 27.6. The molecule has 1 N–H and O–H groups in total. The molecule has 22 nitrogen and oxygen atoms in total. The summed E-state index contributed by atoms with van der Waals surface area (Å²) < 4.78 is 69.5. The zero-order valence-corrected chi connectivity index (χ0v) is 54.8. The van der Waals surface area contributed by atoms with E-state index in [2.05, 4.69) is 45.3 Å². The summed E-state index contributed by atoms with van der Waals surface area (Å²) in [4.78, 5) is 68.6. The minimum absolute atomic E-state index is 0.0363. The predicted molar refractivity (Wildman–Crippen MR) is 339 cm³/mol. The molecule has 6 atom stereocenters. The lowest BCUT2D eigenvalue weighted by Crippen LogP contribution is -2.54. The highest BCUT2D eigenvalue weighted by molar-refractivity contribution is 6.06. The van der Waals surface area contributed by atoms with Crippen molar-refractivity contribution in [1.82, 2.24) is 20.0 Å². The van der Waals surface area contributed by atoms with Crippen molar-refractivity contribution in [3.05, 3.63) is 89.0 Å².